The van der Waals surface area contributed by atoms with E-state index >= 15 is 0 Å². The second kappa shape index (κ2) is 5.60. The lowest BCUT2D eigenvalue weighted by atomic mass is 10.4. The van der Waals surface area contributed by atoms with E-state index in [-0.39, 0.29) is 6.61 Å². The van der Waals surface area contributed by atoms with E-state index in [1.807, 2.05) is 0 Å². The van der Waals surface area contributed by atoms with Crippen LogP contribution >= 0.6 is 11.6 Å². The first kappa shape index (κ1) is 11.8. The summed E-state index contributed by atoms with van der Waals surface area (Å²) >= 11 is 5.97. The van der Waals surface area contributed by atoms with E-state index in [2.05, 4.69) is 20.6 Å². The summed E-state index contributed by atoms with van der Waals surface area (Å²) in [5.74, 6) is 0. The van der Waals surface area contributed by atoms with Gasteiger partial charge in [-0.05, 0) is 6.07 Å². The van der Waals surface area contributed by atoms with Crippen LogP contribution in [-0.4, -0.2) is 31.7 Å². The summed E-state index contributed by atoms with van der Waals surface area (Å²) in [5.41, 5.74) is 1.53. The fourth-order valence-electron chi connectivity index (χ4n) is 1.32. The number of aliphatic hydroxyl groups is 1. The van der Waals surface area contributed by atoms with Crippen LogP contribution in [0, 0.1) is 0 Å². The van der Waals surface area contributed by atoms with Gasteiger partial charge in [0.05, 0.1) is 42.8 Å². The highest BCUT2D eigenvalue weighted by molar-refractivity contribution is 6.33. The van der Waals surface area contributed by atoms with Crippen molar-refractivity contribution in [2.75, 3.05) is 11.9 Å². The van der Waals surface area contributed by atoms with Gasteiger partial charge in [-0.3, -0.25) is 4.98 Å². The van der Waals surface area contributed by atoms with Crippen LogP contribution in [0.25, 0.3) is 0 Å². The van der Waals surface area contributed by atoms with Crippen LogP contribution in [0.3, 0.4) is 0 Å². The largest absolute Gasteiger partial charge is 0.394 e. The molecular weight excluding hydrogens is 242 g/mol. The number of nitrogens with zero attached hydrogens (tertiary/aromatic N) is 4. The molecule has 0 amide bonds. The molecule has 90 valence electrons. The zero-order valence-corrected chi connectivity index (χ0v) is 9.80. The van der Waals surface area contributed by atoms with Gasteiger partial charge >= 0.3 is 0 Å². The Balaban J connectivity index is 1.95. The molecular formula is C10H12ClN5O. The summed E-state index contributed by atoms with van der Waals surface area (Å²) in [6.45, 7) is 1.00. The van der Waals surface area contributed by atoms with Crippen molar-refractivity contribution in [3.8, 4) is 0 Å². The third-order valence-electron chi connectivity index (χ3n) is 2.14. The third-order valence-corrected chi connectivity index (χ3v) is 2.47. The van der Waals surface area contributed by atoms with Crippen molar-refractivity contribution < 1.29 is 5.11 Å². The van der Waals surface area contributed by atoms with Crippen molar-refractivity contribution in [2.45, 2.75) is 13.1 Å². The first-order chi connectivity index (χ1) is 8.29. The Bertz CT molecular complexity index is 487. The summed E-state index contributed by atoms with van der Waals surface area (Å²) in [6, 6.07) is 1.71. The van der Waals surface area contributed by atoms with Crippen LogP contribution in [0.1, 0.15) is 5.69 Å². The number of halogens is 1. The quantitative estimate of drug-likeness (QED) is 0.829. The lowest BCUT2D eigenvalue weighted by Gasteiger charge is -2.04. The van der Waals surface area contributed by atoms with Crippen LogP contribution in [0.2, 0.25) is 5.02 Å². The van der Waals surface area contributed by atoms with Crippen LogP contribution in [0.4, 0.5) is 5.69 Å². The Morgan fingerprint density at radius 2 is 2.35 bits per heavy atom. The molecule has 0 bridgehead atoms. The normalized spacial score (nSPS) is 10.5. The van der Waals surface area contributed by atoms with Crippen molar-refractivity contribution in [1.82, 2.24) is 20.0 Å². The molecule has 2 rings (SSSR count). The van der Waals surface area contributed by atoms with E-state index in [0.717, 1.165) is 11.4 Å². The molecule has 0 radical (unpaired) electrons. The van der Waals surface area contributed by atoms with Gasteiger partial charge in [-0.15, -0.1) is 5.10 Å². The first-order valence-electron chi connectivity index (χ1n) is 5.13. The molecule has 6 nitrogen and oxygen atoms in total. The molecule has 0 unspecified atom stereocenters. The standard InChI is InChI=1S/C10H12ClN5O/c11-9-1-2-12-6-10(9)13-5-8-7-16(3-4-17)15-14-8/h1-2,6-7,13,17H,3-5H2. The second-order valence-electron chi connectivity index (χ2n) is 3.41. The molecule has 0 spiro atoms. The number of nitrogens with one attached hydrogen (secondary N) is 1. The summed E-state index contributed by atoms with van der Waals surface area (Å²) in [6.07, 6.45) is 5.05. The molecule has 2 aromatic rings. The lowest BCUT2D eigenvalue weighted by Crippen LogP contribution is -2.02. The van der Waals surface area contributed by atoms with Crippen molar-refractivity contribution in [3.63, 3.8) is 0 Å². The number of hydrogen-bond acceptors (Lipinski definition) is 5. The molecule has 0 atom stereocenters. The van der Waals surface area contributed by atoms with Gasteiger partial charge in [0.25, 0.3) is 0 Å². The smallest absolute Gasteiger partial charge is 0.102 e. The number of aliphatic hydroxyl groups excluding tert-OH is 1. The highest BCUT2D eigenvalue weighted by atomic mass is 35.5. The third kappa shape index (κ3) is 3.15. The molecule has 2 N–H and O–H groups in total. The van der Waals surface area contributed by atoms with Crippen LogP contribution in [-0.2, 0) is 13.1 Å². The van der Waals surface area contributed by atoms with E-state index in [1.165, 1.54) is 0 Å². The monoisotopic (exact) mass is 253 g/mol. The van der Waals surface area contributed by atoms with E-state index < -0.39 is 0 Å². The van der Waals surface area contributed by atoms with Crippen LogP contribution in [0.5, 0.6) is 0 Å². The van der Waals surface area contributed by atoms with Gasteiger partial charge in [-0.1, -0.05) is 16.8 Å². The molecule has 0 aliphatic rings. The van der Waals surface area contributed by atoms with Crippen molar-refractivity contribution in [3.05, 3.63) is 35.4 Å². The van der Waals surface area contributed by atoms with Gasteiger partial charge in [0.15, 0.2) is 0 Å². The van der Waals surface area contributed by atoms with Crippen molar-refractivity contribution in [2.24, 2.45) is 0 Å². The molecule has 17 heavy (non-hydrogen) atoms. The van der Waals surface area contributed by atoms with Crippen molar-refractivity contribution >= 4 is 17.3 Å². The highest BCUT2D eigenvalue weighted by Gasteiger charge is 2.02. The molecule has 0 aliphatic carbocycles. The average molecular weight is 254 g/mol. The topological polar surface area (TPSA) is 75.9 Å². The minimum absolute atomic E-state index is 0.0463. The number of anilines is 1. The SMILES string of the molecule is OCCn1cc(CNc2cnccc2Cl)nn1. The lowest BCUT2D eigenvalue weighted by molar-refractivity contribution is 0.268. The maximum atomic E-state index is 8.74. The second-order valence-corrected chi connectivity index (χ2v) is 3.81. The Morgan fingerprint density at radius 1 is 1.47 bits per heavy atom. The van der Waals surface area contributed by atoms with Crippen LogP contribution < -0.4 is 5.32 Å². The Kier molecular flexibility index (Phi) is 3.89. The van der Waals surface area contributed by atoms with Crippen molar-refractivity contribution in [1.29, 1.82) is 0 Å². The zero-order valence-electron chi connectivity index (χ0n) is 9.04. The molecule has 0 aliphatic heterocycles. The van der Waals surface area contributed by atoms with E-state index in [9.17, 15) is 0 Å². The zero-order chi connectivity index (χ0) is 12.1. The number of aromatic nitrogens is 4. The van der Waals surface area contributed by atoms with Gasteiger partial charge in [-0.2, -0.15) is 0 Å². The van der Waals surface area contributed by atoms with Gasteiger partial charge in [0, 0.05) is 6.20 Å². The average Bonchev–Trinajstić information content (AvgIpc) is 2.76. The molecule has 0 fully saturated rings. The summed E-state index contributed by atoms with van der Waals surface area (Å²) in [5, 5.41) is 20.3. The Hall–Kier alpha value is -1.66. The molecule has 7 heteroatoms. The first-order valence-corrected chi connectivity index (χ1v) is 5.50. The molecule has 0 saturated heterocycles. The summed E-state index contributed by atoms with van der Waals surface area (Å²) < 4.78 is 1.59. The van der Waals surface area contributed by atoms with E-state index in [4.69, 9.17) is 16.7 Å². The molecule has 0 saturated carbocycles. The molecule has 2 heterocycles. The summed E-state index contributed by atoms with van der Waals surface area (Å²) in [4.78, 5) is 3.97. The van der Waals surface area contributed by atoms with E-state index in [1.54, 1.807) is 29.3 Å². The van der Waals surface area contributed by atoms with Gasteiger partial charge in [0.1, 0.15) is 5.69 Å². The minimum atomic E-state index is 0.0463. The highest BCUT2D eigenvalue weighted by Crippen LogP contribution is 2.19. The maximum Gasteiger partial charge on any atom is 0.102 e. The van der Waals surface area contributed by atoms with Crippen LogP contribution in [0.15, 0.2) is 24.7 Å². The molecule has 2 aromatic heterocycles. The Labute approximate surface area is 103 Å². The van der Waals surface area contributed by atoms with Gasteiger partial charge < -0.3 is 10.4 Å². The fourth-order valence-corrected chi connectivity index (χ4v) is 1.50. The van der Waals surface area contributed by atoms with E-state index in [0.29, 0.717) is 18.1 Å². The number of hydrogen-bond donors (Lipinski definition) is 2. The van der Waals surface area contributed by atoms with Gasteiger partial charge in [-0.25, -0.2) is 4.68 Å². The predicted octanol–water partition coefficient (Wildman–Crippen LogP) is 0.931. The van der Waals surface area contributed by atoms with Gasteiger partial charge in [0.2, 0.25) is 0 Å². The predicted molar refractivity (Wildman–Crippen MR) is 63.7 cm³/mol. The number of rotatable bonds is 5. The fraction of sp³-hybridized carbons (Fsp3) is 0.300. The number of pyridine rings is 1. The maximum absolute atomic E-state index is 8.74. The molecule has 0 aromatic carbocycles. The minimum Gasteiger partial charge on any atom is -0.394 e. The Morgan fingerprint density at radius 3 is 3.12 bits per heavy atom. The summed E-state index contributed by atoms with van der Waals surface area (Å²) in [7, 11) is 0.